The van der Waals surface area contributed by atoms with E-state index in [1.54, 1.807) is 6.92 Å². The van der Waals surface area contributed by atoms with Gasteiger partial charge in [-0.05, 0) is 36.6 Å². The van der Waals surface area contributed by atoms with E-state index in [0.29, 0.717) is 12.8 Å². The molecule has 2 rings (SSSR count). The van der Waals surface area contributed by atoms with Crippen LogP contribution >= 0.6 is 11.6 Å². The minimum absolute atomic E-state index is 0.111. The van der Waals surface area contributed by atoms with Crippen molar-refractivity contribution >= 4 is 29.0 Å². The van der Waals surface area contributed by atoms with Crippen LogP contribution in [0.3, 0.4) is 0 Å². The molecule has 0 amide bonds. The Morgan fingerprint density at radius 1 is 1.42 bits per heavy atom. The van der Waals surface area contributed by atoms with Crippen molar-refractivity contribution in [1.29, 1.82) is 0 Å². The topological polar surface area (TPSA) is 84.3 Å². The first-order valence-electron chi connectivity index (χ1n) is 7.49. The zero-order chi connectivity index (χ0) is 18.1. The van der Waals surface area contributed by atoms with E-state index in [2.05, 4.69) is 4.98 Å². The first-order chi connectivity index (χ1) is 11.2. The molecule has 0 saturated heterocycles. The van der Waals surface area contributed by atoms with Crippen molar-refractivity contribution in [1.82, 2.24) is 4.98 Å². The Bertz CT molecular complexity index is 687. The van der Waals surface area contributed by atoms with E-state index in [9.17, 15) is 28.3 Å². The van der Waals surface area contributed by atoms with E-state index >= 15 is 0 Å². The fourth-order valence-electron chi connectivity index (χ4n) is 2.84. The molecule has 1 saturated carbocycles. The molecule has 5 nitrogen and oxygen atoms in total. The quantitative estimate of drug-likeness (QED) is 0.496. The molecule has 1 heterocycles. The molecule has 24 heavy (non-hydrogen) atoms. The van der Waals surface area contributed by atoms with E-state index in [0.717, 1.165) is 12.1 Å². The molecule has 0 spiro atoms. The molecule has 8 heteroatoms. The monoisotopic (exact) mass is 359 g/mol. The van der Waals surface area contributed by atoms with E-state index in [-0.39, 0.29) is 23.6 Å². The van der Waals surface area contributed by atoms with Crippen molar-refractivity contribution in [2.24, 2.45) is 11.8 Å². The number of Topliss-reactive ketones (excluding diaryl/α,β-unsaturated/α-hetero) is 3. The van der Waals surface area contributed by atoms with Gasteiger partial charge in [-0.3, -0.25) is 14.4 Å². The number of carbonyl (C=O) groups is 3. The SMILES string of the molecule is CCC1CCC(=O)C(C(=O)c2ccc(C(F)(F)Cl)nc2CO)C1=O. The number of ketones is 3. The third kappa shape index (κ3) is 3.52. The van der Waals surface area contributed by atoms with Gasteiger partial charge >= 0.3 is 5.38 Å². The number of halogens is 3. The summed E-state index contributed by atoms with van der Waals surface area (Å²) in [4.78, 5) is 40.5. The second-order valence-corrected chi connectivity index (χ2v) is 6.13. The lowest BCUT2D eigenvalue weighted by atomic mass is 9.75. The lowest BCUT2D eigenvalue weighted by Gasteiger charge is -2.25. The highest BCUT2D eigenvalue weighted by Crippen LogP contribution is 2.33. The summed E-state index contributed by atoms with van der Waals surface area (Å²) in [7, 11) is 0. The second-order valence-electron chi connectivity index (χ2n) is 5.66. The van der Waals surface area contributed by atoms with E-state index < -0.39 is 41.0 Å². The average Bonchev–Trinajstić information content (AvgIpc) is 2.53. The number of carbonyl (C=O) groups excluding carboxylic acids is 3. The summed E-state index contributed by atoms with van der Waals surface area (Å²) >= 11 is 4.88. The Hall–Kier alpha value is -1.73. The molecular formula is C16H16ClF2NO4. The van der Waals surface area contributed by atoms with Crippen molar-refractivity contribution in [3.05, 3.63) is 29.1 Å². The predicted octanol–water partition coefficient (Wildman–Crippen LogP) is 2.62. The fourth-order valence-corrected chi connectivity index (χ4v) is 2.94. The fraction of sp³-hybridized carbons (Fsp3) is 0.500. The Morgan fingerprint density at radius 2 is 2.08 bits per heavy atom. The number of alkyl halides is 3. The molecule has 2 unspecified atom stereocenters. The Balaban J connectivity index is 2.41. The van der Waals surface area contributed by atoms with Gasteiger partial charge in [0.2, 0.25) is 0 Å². The number of hydrogen-bond acceptors (Lipinski definition) is 5. The van der Waals surface area contributed by atoms with Gasteiger partial charge in [0, 0.05) is 17.9 Å². The number of hydrogen-bond donors (Lipinski definition) is 1. The number of aliphatic hydroxyl groups excluding tert-OH is 1. The molecule has 1 aromatic heterocycles. The molecule has 1 N–H and O–H groups in total. The van der Waals surface area contributed by atoms with Crippen LogP contribution in [-0.2, 0) is 21.6 Å². The van der Waals surface area contributed by atoms with Crippen LogP contribution in [-0.4, -0.2) is 27.4 Å². The average molecular weight is 360 g/mol. The van der Waals surface area contributed by atoms with Crippen molar-refractivity contribution in [3.8, 4) is 0 Å². The van der Waals surface area contributed by atoms with E-state index in [1.807, 2.05) is 0 Å². The Labute approximate surface area is 142 Å². The zero-order valence-corrected chi connectivity index (χ0v) is 13.6. The van der Waals surface area contributed by atoms with Crippen LogP contribution in [0.2, 0.25) is 0 Å². The van der Waals surface area contributed by atoms with Gasteiger partial charge in [-0.2, -0.15) is 8.78 Å². The van der Waals surface area contributed by atoms with E-state index in [4.69, 9.17) is 11.6 Å². The highest BCUT2D eigenvalue weighted by molar-refractivity contribution is 6.26. The predicted molar refractivity (Wildman–Crippen MR) is 80.8 cm³/mol. The number of pyridine rings is 1. The van der Waals surface area contributed by atoms with Crippen LogP contribution in [0.25, 0.3) is 0 Å². The van der Waals surface area contributed by atoms with Gasteiger partial charge in [0.15, 0.2) is 17.3 Å². The third-order valence-electron chi connectivity index (χ3n) is 4.18. The largest absolute Gasteiger partial charge is 0.390 e. The molecule has 1 fully saturated rings. The summed E-state index contributed by atoms with van der Waals surface area (Å²) in [6, 6.07) is 1.86. The third-order valence-corrected chi connectivity index (χ3v) is 4.38. The van der Waals surface area contributed by atoms with Gasteiger partial charge < -0.3 is 5.11 Å². The Kier molecular flexibility index (Phi) is 5.45. The summed E-state index contributed by atoms with van der Waals surface area (Å²) in [6.07, 6.45) is 1.03. The smallest absolute Gasteiger partial charge is 0.364 e. The van der Waals surface area contributed by atoms with Crippen LogP contribution in [0.5, 0.6) is 0 Å². The summed E-state index contributed by atoms with van der Waals surface area (Å²) in [6.45, 7) is 0.992. The molecular weight excluding hydrogens is 344 g/mol. The van der Waals surface area contributed by atoms with Gasteiger partial charge in [-0.25, -0.2) is 4.98 Å². The number of aromatic nitrogens is 1. The molecule has 0 bridgehead atoms. The molecule has 2 atom stereocenters. The summed E-state index contributed by atoms with van der Waals surface area (Å²) in [5.41, 5.74) is -1.37. The van der Waals surface area contributed by atoms with Crippen molar-refractivity contribution < 1.29 is 28.3 Å². The Morgan fingerprint density at radius 3 is 2.62 bits per heavy atom. The van der Waals surface area contributed by atoms with Crippen LogP contribution in [0.4, 0.5) is 8.78 Å². The number of aliphatic hydroxyl groups is 1. The normalized spacial score (nSPS) is 21.9. The van der Waals surface area contributed by atoms with Crippen molar-refractivity contribution in [3.63, 3.8) is 0 Å². The molecule has 1 aliphatic rings. The van der Waals surface area contributed by atoms with Gasteiger partial charge in [0.25, 0.3) is 0 Å². The van der Waals surface area contributed by atoms with Gasteiger partial charge in [-0.1, -0.05) is 6.92 Å². The van der Waals surface area contributed by atoms with Crippen LogP contribution < -0.4 is 0 Å². The second kappa shape index (κ2) is 7.03. The molecule has 0 radical (unpaired) electrons. The highest BCUT2D eigenvalue weighted by atomic mass is 35.5. The lowest BCUT2D eigenvalue weighted by molar-refractivity contribution is -0.136. The van der Waals surface area contributed by atoms with Crippen LogP contribution in [0.15, 0.2) is 12.1 Å². The molecule has 0 aliphatic heterocycles. The highest BCUT2D eigenvalue weighted by Gasteiger charge is 2.42. The first-order valence-corrected chi connectivity index (χ1v) is 7.87. The molecule has 1 aliphatic carbocycles. The molecule has 130 valence electrons. The summed E-state index contributed by atoms with van der Waals surface area (Å²) < 4.78 is 26.2. The van der Waals surface area contributed by atoms with Crippen molar-refractivity contribution in [2.45, 2.75) is 38.2 Å². The number of rotatable bonds is 5. The first kappa shape index (κ1) is 18.6. The number of nitrogens with zero attached hydrogens (tertiary/aromatic N) is 1. The summed E-state index contributed by atoms with van der Waals surface area (Å²) in [5, 5.41) is 5.56. The maximum absolute atomic E-state index is 13.1. The van der Waals surface area contributed by atoms with Crippen molar-refractivity contribution in [2.75, 3.05) is 0 Å². The van der Waals surface area contributed by atoms with Gasteiger partial charge in [-0.15, -0.1) is 0 Å². The van der Waals surface area contributed by atoms with Gasteiger partial charge in [0.05, 0.1) is 12.3 Å². The minimum atomic E-state index is -3.75. The maximum atomic E-state index is 13.1. The standard InChI is InChI=1S/C16H16ClF2NO4/c1-2-8-3-5-11(22)13(14(8)23)15(24)9-4-6-12(16(17,18)19)20-10(9)7-21/h4,6,8,13,21H,2-3,5,7H2,1H3. The zero-order valence-electron chi connectivity index (χ0n) is 12.9. The van der Waals surface area contributed by atoms with E-state index in [1.165, 1.54) is 0 Å². The molecule has 0 aromatic carbocycles. The van der Waals surface area contributed by atoms with Crippen LogP contribution in [0, 0.1) is 11.8 Å². The lowest BCUT2D eigenvalue weighted by Crippen LogP contribution is -2.40. The minimum Gasteiger partial charge on any atom is -0.390 e. The maximum Gasteiger partial charge on any atom is 0.364 e. The summed E-state index contributed by atoms with van der Waals surface area (Å²) in [5.74, 6) is -3.62. The van der Waals surface area contributed by atoms with Gasteiger partial charge in [0.1, 0.15) is 11.6 Å². The molecule has 1 aromatic rings. The van der Waals surface area contributed by atoms with Crippen LogP contribution in [0.1, 0.15) is 47.9 Å².